The van der Waals surface area contributed by atoms with Gasteiger partial charge in [-0.1, -0.05) is 12.1 Å². The number of ketones is 1. The molecule has 2 aromatic rings. The first-order valence-electron chi connectivity index (χ1n) is 6.60. The summed E-state index contributed by atoms with van der Waals surface area (Å²) >= 11 is 1.59. The molecule has 0 bridgehead atoms. The first-order valence-corrected chi connectivity index (χ1v) is 7.41. The van der Waals surface area contributed by atoms with Crippen molar-refractivity contribution in [2.45, 2.75) is 33.1 Å². The van der Waals surface area contributed by atoms with Gasteiger partial charge < -0.3 is 5.73 Å². The number of carbonyl (C=O) groups is 1. The summed E-state index contributed by atoms with van der Waals surface area (Å²) in [6.45, 7) is 4.09. The van der Waals surface area contributed by atoms with Crippen molar-refractivity contribution in [1.29, 1.82) is 0 Å². The third-order valence-corrected chi connectivity index (χ3v) is 5.07. The fraction of sp³-hybridized carbons (Fsp3) is 0.312. The van der Waals surface area contributed by atoms with Crippen LogP contribution < -0.4 is 5.73 Å². The molecule has 3 rings (SSSR count). The minimum Gasteiger partial charge on any atom is -0.390 e. The van der Waals surface area contributed by atoms with E-state index in [1.54, 1.807) is 11.3 Å². The Morgan fingerprint density at radius 1 is 1.21 bits per heavy atom. The van der Waals surface area contributed by atoms with E-state index in [4.69, 9.17) is 5.73 Å². The largest absolute Gasteiger partial charge is 0.390 e. The maximum atomic E-state index is 12.7. The first kappa shape index (κ1) is 12.4. The smallest absolute Gasteiger partial charge is 0.196 e. The lowest BCUT2D eigenvalue weighted by molar-refractivity contribution is 0.103. The average Bonchev–Trinajstić information content (AvgIpc) is 2.91. The third kappa shape index (κ3) is 1.98. The van der Waals surface area contributed by atoms with Crippen molar-refractivity contribution in [1.82, 2.24) is 0 Å². The third-order valence-electron chi connectivity index (χ3n) is 3.94. The summed E-state index contributed by atoms with van der Waals surface area (Å²) in [4.78, 5) is 14.0. The summed E-state index contributed by atoms with van der Waals surface area (Å²) in [6.07, 6.45) is 3.22. The molecule has 0 saturated carbocycles. The number of hydrogen-bond donors (Lipinski definition) is 1. The number of thiophene rings is 1. The molecule has 2 nitrogen and oxygen atoms in total. The van der Waals surface area contributed by atoms with Crippen LogP contribution in [-0.2, 0) is 12.8 Å². The van der Waals surface area contributed by atoms with E-state index in [-0.39, 0.29) is 5.78 Å². The van der Waals surface area contributed by atoms with Crippen molar-refractivity contribution in [2.24, 2.45) is 0 Å². The van der Waals surface area contributed by atoms with Gasteiger partial charge in [0.25, 0.3) is 0 Å². The Balaban J connectivity index is 2.07. The predicted molar refractivity (Wildman–Crippen MR) is 80.1 cm³/mol. The Morgan fingerprint density at radius 3 is 2.74 bits per heavy atom. The molecule has 1 aromatic heterocycles. The monoisotopic (exact) mass is 271 g/mol. The molecule has 0 fully saturated rings. The highest BCUT2D eigenvalue weighted by molar-refractivity contribution is 7.16. The molecule has 1 heterocycles. The second kappa shape index (κ2) is 4.49. The molecule has 0 saturated heterocycles. The van der Waals surface area contributed by atoms with Gasteiger partial charge in [0, 0.05) is 10.4 Å². The van der Waals surface area contributed by atoms with E-state index in [1.807, 2.05) is 25.1 Å². The van der Waals surface area contributed by atoms with Crippen LogP contribution in [-0.4, -0.2) is 5.78 Å². The van der Waals surface area contributed by atoms with E-state index in [0.717, 1.165) is 36.0 Å². The number of rotatable bonds is 2. The zero-order chi connectivity index (χ0) is 13.6. The minimum absolute atomic E-state index is 0.0833. The Bertz CT molecular complexity index is 670. The molecular weight excluding hydrogens is 254 g/mol. The fourth-order valence-corrected chi connectivity index (χ4v) is 3.86. The van der Waals surface area contributed by atoms with Crippen LogP contribution in [0.4, 0.5) is 5.00 Å². The molecule has 0 atom stereocenters. The van der Waals surface area contributed by atoms with Crippen LogP contribution in [0.1, 0.15) is 43.9 Å². The molecule has 0 amide bonds. The number of aryl methyl sites for hydroxylation is 3. The number of nitrogens with two attached hydrogens (primary N) is 1. The summed E-state index contributed by atoms with van der Waals surface area (Å²) in [5, 5.41) is 0.688. The van der Waals surface area contributed by atoms with Gasteiger partial charge in [-0.2, -0.15) is 0 Å². The molecular formula is C16H17NOS. The molecule has 0 aliphatic heterocycles. The highest BCUT2D eigenvalue weighted by Crippen LogP contribution is 2.38. The van der Waals surface area contributed by atoms with Gasteiger partial charge in [-0.3, -0.25) is 4.79 Å². The number of nitrogen functional groups attached to an aromatic ring is 1. The van der Waals surface area contributed by atoms with E-state index in [1.165, 1.54) is 16.0 Å². The topological polar surface area (TPSA) is 43.1 Å². The normalized spacial score (nSPS) is 13.6. The highest BCUT2D eigenvalue weighted by Gasteiger charge is 2.25. The molecule has 1 aliphatic carbocycles. The molecule has 1 aromatic carbocycles. The van der Waals surface area contributed by atoms with Crippen molar-refractivity contribution in [2.75, 3.05) is 5.73 Å². The van der Waals surface area contributed by atoms with Crippen molar-refractivity contribution >= 4 is 22.1 Å². The SMILES string of the molecule is Cc1ccc(C(=O)c2c(N)sc3c2CCC3)cc1C. The standard InChI is InChI=1S/C16H17NOS/c1-9-6-7-11(8-10(9)2)15(18)14-12-4-3-5-13(12)19-16(14)17/h6-8H,3-5,17H2,1-2H3. The van der Waals surface area contributed by atoms with Crippen molar-refractivity contribution in [3.63, 3.8) is 0 Å². The van der Waals surface area contributed by atoms with Crippen molar-refractivity contribution in [3.8, 4) is 0 Å². The minimum atomic E-state index is 0.0833. The number of carbonyl (C=O) groups excluding carboxylic acids is 1. The fourth-order valence-electron chi connectivity index (χ4n) is 2.70. The van der Waals surface area contributed by atoms with E-state index >= 15 is 0 Å². The lowest BCUT2D eigenvalue weighted by Crippen LogP contribution is -2.06. The highest BCUT2D eigenvalue weighted by atomic mass is 32.1. The summed E-state index contributed by atoms with van der Waals surface area (Å²) < 4.78 is 0. The van der Waals surface area contributed by atoms with Crippen LogP contribution in [0.3, 0.4) is 0 Å². The van der Waals surface area contributed by atoms with Gasteiger partial charge in [-0.15, -0.1) is 11.3 Å². The second-order valence-electron chi connectivity index (χ2n) is 5.22. The lowest BCUT2D eigenvalue weighted by Gasteiger charge is -2.06. The molecule has 3 heteroatoms. The van der Waals surface area contributed by atoms with Crippen LogP contribution in [0.15, 0.2) is 18.2 Å². The maximum absolute atomic E-state index is 12.7. The van der Waals surface area contributed by atoms with E-state index in [9.17, 15) is 4.79 Å². The molecule has 1 aliphatic rings. The molecule has 2 N–H and O–H groups in total. The Morgan fingerprint density at radius 2 is 2.00 bits per heavy atom. The van der Waals surface area contributed by atoms with Crippen molar-refractivity contribution < 1.29 is 4.79 Å². The number of fused-ring (bicyclic) bond motifs is 1. The Hall–Kier alpha value is -1.61. The van der Waals surface area contributed by atoms with Gasteiger partial charge in [0.1, 0.15) is 0 Å². The van der Waals surface area contributed by atoms with Gasteiger partial charge in [-0.05, 0) is 55.9 Å². The molecule has 0 spiro atoms. The van der Waals surface area contributed by atoms with E-state index < -0.39 is 0 Å². The van der Waals surface area contributed by atoms with E-state index in [0.29, 0.717) is 5.00 Å². The summed E-state index contributed by atoms with van der Waals surface area (Å²) in [7, 11) is 0. The zero-order valence-corrected chi connectivity index (χ0v) is 12.1. The van der Waals surface area contributed by atoms with E-state index in [2.05, 4.69) is 6.92 Å². The Kier molecular flexibility index (Phi) is 2.94. The summed E-state index contributed by atoms with van der Waals surface area (Å²) in [6, 6.07) is 5.88. The van der Waals surface area contributed by atoms with Gasteiger partial charge in [0.15, 0.2) is 5.78 Å². The quantitative estimate of drug-likeness (QED) is 0.847. The van der Waals surface area contributed by atoms with Gasteiger partial charge in [0.05, 0.1) is 10.6 Å². The van der Waals surface area contributed by atoms with Gasteiger partial charge >= 0.3 is 0 Å². The van der Waals surface area contributed by atoms with Crippen LogP contribution in [0.2, 0.25) is 0 Å². The van der Waals surface area contributed by atoms with Crippen molar-refractivity contribution in [3.05, 3.63) is 50.9 Å². The lowest BCUT2D eigenvalue weighted by atomic mass is 9.97. The second-order valence-corrected chi connectivity index (χ2v) is 6.36. The van der Waals surface area contributed by atoms with Gasteiger partial charge in [-0.25, -0.2) is 0 Å². The molecule has 19 heavy (non-hydrogen) atoms. The summed E-state index contributed by atoms with van der Waals surface area (Å²) in [5.74, 6) is 0.0833. The Labute approximate surface area is 117 Å². The number of anilines is 1. The van der Waals surface area contributed by atoms with Crippen LogP contribution >= 0.6 is 11.3 Å². The number of benzene rings is 1. The maximum Gasteiger partial charge on any atom is 0.196 e. The molecule has 0 radical (unpaired) electrons. The van der Waals surface area contributed by atoms with Crippen LogP contribution in [0.25, 0.3) is 0 Å². The van der Waals surface area contributed by atoms with Gasteiger partial charge in [0.2, 0.25) is 0 Å². The average molecular weight is 271 g/mol. The predicted octanol–water partition coefficient (Wildman–Crippen LogP) is 3.67. The molecule has 0 unspecified atom stereocenters. The van der Waals surface area contributed by atoms with Crippen LogP contribution in [0, 0.1) is 13.8 Å². The molecule has 98 valence electrons. The summed E-state index contributed by atoms with van der Waals surface area (Å²) in [5.41, 5.74) is 11.1. The number of hydrogen-bond acceptors (Lipinski definition) is 3. The first-order chi connectivity index (χ1) is 9.08. The van der Waals surface area contributed by atoms with Crippen LogP contribution in [0.5, 0.6) is 0 Å². The zero-order valence-electron chi connectivity index (χ0n) is 11.2.